The Morgan fingerprint density at radius 1 is 1.32 bits per heavy atom. The van der Waals surface area contributed by atoms with Gasteiger partial charge in [-0.2, -0.15) is 10.1 Å². The summed E-state index contributed by atoms with van der Waals surface area (Å²) < 4.78 is 1.70. The summed E-state index contributed by atoms with van der Waals surface area (Å²) in [5.74, 6) is -0.0826. The normalized spacial score (nSPS) is 20.0. The number of aryl methyl sites for hydroxylation is 1. The van der Waals surface area contributed by atoms with Crippen molar-refractivity contribution in [2.24, 2.45) is 15.9 Å². The molecule has 0 aliphatic carbocycles. The number of carbonyl (C=O) groups excluding carboxylic acids is 1. The van der Waals surface area contributed by atoms with Gasteiger partial charge in [-0.15, -0.1) is 0 Å². The third-order valence-electron chi connectivity index (χ3n) is 4.54. The van der Waals surface area contributed by atoms with Crippen molar-refractivity contribution >= 4 is 29.0 Å². The SMILES string of the molecule is CCC(=NC)C1C(C(=O)Nc2ccccc2C)C(C)=Nc2ncnn21. The van der Waals surface area contributed by atoms with Crippen LogP contribution in [0.5, 0.6) is 0 Å². The molecule has 7 nitrogen and oxygen atoms in total. The van der Waals surface area contributed by atoms with Gasteiger partial charge in [0.2, 0.25) is 11.9 Å². The first-order chi connectivity index (χ1) is 12.1. The van der Waals surface area contributed by atoms with E-state index in [1.54, 1.807) is 11.7 Å². The van der Waals surface area contributed by atoms with E-state index in [1.165, 1.54) is 6.33 Å². The molecule has 1 aromatic heterocycles. The molecule has 130 valence electrons. The van der Waals surface area contributed by atoms with Crippen LogP contribution in [0.3, 0.4) is 0 Å². The first-order valence-electron chi connectivity index (χ1n) is 8.33. The standard InChI is InChI=1S/C18H22N6O/c1-5-13(19-4)16-15(12(3)22-18-20-10-21-24(16)18)17(25)23-14-9-7-6-8-11(14)2/h6-10,15-16H,5H2,1-4H3,(H,23,25). The van der Waals surface area contributed by atoms with E-state index in [2.05, 4.69) is 25.4 Å². The number of benzene rings is 1. The van der Waals surface area contributed by atoms with E-state index in [1.807, 2.05) is 45.0 Å². The molecule has 0 saturated carbocycles. The first kappa shape index (κ1) is 17.0. The number of hydrogen-bond donors (Lipinski definition) is 1. The second-order valence-electron chi connectivity index (χ2n) is 6.05. The molecule has 3 rings (SSSR count). The van der Waals surface area contributed by atoms with Crippen LogP contribution in [0.15, 0.2) is 40.6 Å². The van der Waals surface area contributed by atoms with Crippen molar-refractivity contribution in [3.8, 4) is 0 Å². The average Bonchev–Trinajstić information content (AvgIpc) is 3.05. The molecule has 2 aromatic rings. The Morgan fingerprint density at radius 2 is 2.08 bits per heavy atom. The van der Waals surface area contributed by atoms with Gasteiger partial charge in [0.1, 0.15) is 18.3 Å². The smallest absolute Gasteiger partial charge is 0.248 e. The summed E-state index contributed by atoms with van der Waals surface area (Å²) in [6, 6.07) is 7.40. The number of carbonyl (C=O) groups is 1. The molecule has 0 bridgehead atoms. The summed E-state index contributed by atoms with van der Waals surface area (Å²) in [6.45, 7) is 5.85. The molecular formula is C18H22N6O. The first-order valence-corrected chi connectivity index (χ1v) is 8.33. The van der Waals surface area contributed by atoms with Crippen LogP contribution in [0, 0.1) is 12.8 Å². The summed E-state index contributed by atoms with van der Waals surface area (Å²) in [4.78, 5) is 26.1. The predicted molar refractivity (Wildman–Crippen MR) is 98.8 cm³/mol. The van der Waals surface area contributed by atoms with Crippen LogP contribution in [-0.4, -0.2) is 39.1 Å². The topological polar surface area (TPSA) is 84.5 Å². The Morgan fingerprint density at radius 3 is 2.76 bits per heavy atom. The fourth-order valence-electron chi connectivity index (χ4n) is 3.21. The molecule has 2 atom stereocenters. The fraction of sp³-hybridized carbons (Fsp3) is 0.389. The lowest BCUT2D eigenvalue weighted by Crippen LogP contribution is -2.42. The van der Waals surface area contributed by atoms with Gasteiger partial charge in [0.25, 0.3) is 0 Å². The van der Waals surface area contributed by atoms with E-state index in [9.17, 15) is 4.79 Å². The number of nitrogens with one attached hydrogen (secondary N) is 1. The monoisotopic (exact) mass is 338 g/mol. The third kappa shape index (κ3) is 3.09. The van der Waals surface area contributed by atoms with Gasteiger partial charge in [0, 0.05) is 24.2 Å². The molecule has 1 aliphatic rings. The summed E-state index contributed by atoms with van der Waals surface area (Å²) >= 11 is 0. The van der Waals surface area contributed by atoms with Crippen molar-refractivity contribution in [1.29, 1.82) is 0 Å². The summed E-state index contributed by atoms with van der Waals surface area (Å²) in [7, 11) is 1.74. The van der Waals surface area contributed by atoms with Gasteiger partial charge < -0.3 is 5.32 Å². The molecule has 0 saturated heterocycles. The molecule has 25 heavy (non-hydrogen) atoms. The Hall–Kier alpha value is -2.83. The highest BCUT2D eigenvalue weighted by molar-refractivity contribution is 6.13. The summed E-state index contributed by atoms with van der Waals surface area (Å²) in [5.41, 5.74) is 3.42. The average molecular weight is 338 g/mol. The number of amides is 1. The minimum absolute atomic E-state index is 0.115. The number of anilines is 1. The van der Waals surface area contributed by atoms with Crippen LogP contribution < -0.4 is 5.32 Å². The van der Waals surface area contributed by atoms with Gasteiger partial charge in [0.15, 0.2) is 0 Å². The van der Waals surface area contributed by atoms with Crippen LogP contribution in [0.2, 0.25) is 0 Å². The predicted octanol–water partition coefficient (Wildman–Crippen LogP) is 2.97. The van der Waals surface area contributed by atoms with Crippen LogP contribution in [0.1, 0.15) is 31.9 Å². The van der Waals surface area contributed by atoms with Crippen LogP contribution in [0.4, 0.5) is 11.6 Å². The molecule has 1 aliphatic heterocycles. The zero-order valence-corrected chi connectivity index (χ0v) is 14.9. The Bertz CT molecular complexity index is 851. The fourth-order valence-corrected chi connectivity index (χ4v) is 3.21. The lowest BCUT2D eigenvalue weighted by molar-refractivity contribution is -0.118. The molecule has 1 amide bonds. The maximum Gasteiger partial charge on any atom is 0.248 e. The van der Waals surface area contributed by atoms with Gasteiger partial charge in [-0.1, -0.05) is 25.1 Å². The van der Waals surface area contributed by atoms with E-state index in [-0.39, 0.29) is 11.9 Å². The van der Waals surface area contributed by atoms with E-state index in [4.69, 9.17) is 0 Å². The highest BCUT2D eigenvalue weighted by Crippen LogP contribution is 2.32. The quantitative estimate of drug-likeness (QED) is 0.870. The molecule has 7 heteroatoms. The van der Waals surface area contributed by atoms with Gasteiger partial charge >= 0.3 is 0 Å². The highest BCUT2D eigenvalue weighted by atomic mass is 16.2. The molecule has 0 fully saturated rings. The highest BCUT2D eigenvalue weighted by Gasteiger charge is 2.40. The van der Waals surface area contributed by atoms with E-state index >= 15 is 0 Å². The molecule has 1 aromatic carbocycles. The van der Waals surface area contributed by atoms with Gasteiger partial charge in [-0.05, 0) is 31.9 Å². The van der Waals surface area contributed by atoms with Crippen molar-refractivity contribution in [2.75, 3.05) is 12.4 Å². The number of para-hydroxylation sites is 1. The Balaban J connectivity index is 2.00. The maximum atomic E-state index is 13.1. The second kappa shape index (κ2) is 6.96. The molecule has 2 unspecified atom stereocenters. The third-order valence-corrected chi connectivity index (χ3v) is 4.54. The summed E-state index contributed by atoms with van der Waals surface area (Å²) in [5, 5.41) is 7.31. The van der Waals surface area contributed by atoms with Crippen LogP contribution in [-0.2, 0) is 4.79 Å². The van der Waals surface area contributed by atoms with Crippen LogP contribution in [0.25, 0.3) is 0 Å². The minimum atomic E-state index is -0.479. The van der Waals surface area contributed by atoms with Crippen molar-refractivity contribution in [3.63, 3.8) is 0 Å². The molecular weight excluding hydrogens is 316 g/mol. The van der Waals surface area contributed by atoms with Crippen molar-refractivity contribution in [3.05, 3.63) is 36.2 Å². The van der Waals surface area contributed by atoms with Crippen LogP contribution >= 0.6 is 0 Å². The Labute approximate surface area is 146 Å². The van der Waals surface area contributed by atoms with E-state index < -0.39 is 5.92 Å². The number of hydrogen-bond acceptors (Lipinski definition) is 5. The number of nitrogens with zero attached hydrogens (tertiary/aromatic N) is 5. The zero-order chi connectivity index (χ0) is 18.0. The van der Waals surface area contributed by atoms with Crippen molar-refractivity contribution in [1.82, 2.24) is 14.8 Å². The lowest BCUT2D eigenvalue weighted by atomic mass is 9.88. The maximum absolute atomic E-state index is 13.1. The van der Waals surface area contributed by atoms with E-state index in [0.717, 1.165) is 23.4 Å². The number of aliphatic imine (C=N–C) groups is 2. The van der Waals surface area contributed by atoms with Crippen molar-refractivity contribution < 1.29 is 4.79 Å². The molecule has 0 spiro atoms. The van der Waals surface area contributed by atoms with E-state index in [0.29, 0.717) is 11.7 Å². The molecule has 1 N–H and O–H groups in total. The second-order valence-corrected chi connectivity index (χ2v) is 6.05. The number of aromatic nitrogens is 3. The van der Waals surface area contributed by atoms with Gasteiger partial charge in [-0.3, -0.25) is 9.79 Å². The minimum Gasteiger partial charge on any atom is -0.325 e. The van der Waals surface area contributed by atoms with Gasteiger partial charge in [0.05, 0.1) is 0 Å². The largest absolute Gasteiger partial charge is 0.325 e. The Kier molecular flexibility index (Phi) is 4.74. The zero-order valence-electron chi connectivity index (χ0n) is 14.9. The number of fused-ring (bicyclic) bond motifs is 1. The van der Waals surface area contributed by atoms with Gasteiger partial charge in [-0.25, -0.2) is 9.67 Å². The number of rotatable bonds is 4. The molecule has 2 heterocycles. The lowest BCUT2D eigenvalue weighted by Gasteiger charge is -2.31. The van der Waals surface area contributed by atoms with Crippen molar-refractivity contribution in [2.45, 2.75) is 33.2 Å². The molecule has 0 radical (unpaired) electrons. The summed E-state index contributed by atoms with van der Waals surface area (Å²) in [6.07, 6.45) is 2.19.